The van der Waals surface area contributed by atoms with Crippen LogP contribution in [0.2, 0.25) is 5.02 Å². The maximum absolute atomic E-state index is 12.6. The largest absolute Gasteiger partial charge is 0.349 e. The zero-order valence-electron chi connectivity index (χ0n) is 16.0. The number of hydrogen-bond donors (Lipinski definition) is 1. The van der Waals surface area contributed by atoms with Gasteiger partial charge in [0.25, 0.3) is 11.9 Å². The second-order valence-electron chi connectivity index (χ2n) is 8.12. The molecule has 1 N–H and O–H groups in total. The molecule has 0 bridgehead atoms. The van der Waals surface area contributed by atoms with Crippen molar-refractivity contribution in [3.63, 3.8) is 0 Å². The van der Waals surface area contributed by atoms with E-state index in [0.29, 0.717) is 34.3 Å². The third-order valence-corrected chi connectivity index (χ3v) is 6.85. The molecule has 0 saturated heterocycles. The zero-order valence-corrected chi connectivity index (χ0v) is 16.8. The summed E-state index contributed by atoms with van der Waals surface area (Å²) in [7, 11) is 0. The summed E-state index contributed by atoms with van der Waals surface area (Å²) in [4.78, 5) is 16.5. The molecule has 0 aromatic heterocycles. The van der Waals surface area contributed by atoms with E-state index in [4.69, 9.17) is 18.2 Å². The Balaban J connectivity index is 1.37. The van der Waals surface area contributed by atoms with Crippen molar-refractivity contribution >= 4 is 17.5 Å². The molecule has 2 aliphatic carbocycles. The average molecular weight is 393 g/mol. The summed E-state index contributed by atoms with van der Waals surface area (Å²) in [6, 6.07) is 17.4. The first-order valence-corrected chi connectivity index (χ1v) is 10.5. The fourth-order valence-corrected chi connectivity index (χ4v) is 5.34. The summed E-state index contributed by atoms with van der Waals surface area (Å²) < 4.78 is 0. The van der Waals surface area contributed by atoms with E-state index in [9.17, 15) is 4.79 Å². The summed E-state index contributed by atoms with van der Waals surface area (Å²) in [5.41, 5.74) is 1.80. The topological polar surface area (TPSA) is 33.5 Å². The fourth-order valence-electron chi connectivity index (χ4n) is 5.21. The lowest BCUT2D eigenvalue weighted by atomic mass is 9.86. The van der Waals surface area contributed by atoms with Gasteiger partial charge in [0.15, 0.2) is 0 Å². The minimum atomic E-state index is -0.0293. The quantitative estimate of drug-likeness (QED) is 0.621. The van der Waals surface area contributed by atoms with E-state index in [1.807, 2.05) is 18.2 Å². The Morgan fingerprint density at radius 2 is 1.79 bits per heavy atom. The van der Waals surface area contributed by atoms with Crippen LogP contribution in [0.5, 0.6) is 0 Å². The first-order valence-electron chi connectivity index (χ1n) is 10.1. The van der Waals surface area contributed by atoms with E-state index in [-0.39, 0.29) is 18.0 Å². The van der Waals surface area contributed by atoms with Crippen molar-refractivity contribution in [2.75, 3.05) is 0 Å². The molecule has 144 valence electrons. The van der Waals surface area contributed by atoms with Crippen LogP contribution in [0.1, 0.15) is 48.1 Å². The highest BCUT2D eigenvalue weighted by Crippen LogP contribution is 2.63. The van der Waals surface area contributed by atoms with Gasteiger partial charge in [-0.25, -0.2) is 6.57 Å². The molecule has 2 aliphatic rings. The summed E-state index contributed by atoms with van der Waals surface area (Å²) in [5, 5.41) is 3.88. The first-order chi connectivity index (χ1) is 13.6. The molecule has 2 fully saturated rings. The Bertz CT molecular complexity index is 862. The number of carbonyl (C=O) groups is 1. The van der Waals surface area contributed by atoms with Crippen LogP contribution in [0, 0.1) is 30.2 Å². The Hall–Kier alpha value is -2.31. The van der Waals surface area contributed by atoms with Gasteiger partial charge in [0.2, 0.25) is 0 Å². The molecule has 0 aliphatic heterocycles. The maximum Gasteiger partial charge on any atom is 0.251 e. The van der Waals surface area contributed by atoms with Gasteiger partial charge in [-0.3, -0.25) is 4.79 Å². The smallest absolute Gasteiger partial charge is 0.251 e. The molecule has 3 nitrogen and oxygen atoms in total. The second-order valence-corrected chi connectivity index (χ2v) is 8.55. The second kappa shape index (κ2) is 7.97. The van der Waals surface area contributed by atoms with Gasteiger partial charge >= 0.3 is 0 Å². The fraction of sp³-hybridized carbons (Fsp3) is 0.417. The minimum Gasteiger partial charge on any atom is -0.349 e. The van der Waals surface area contributed by atoms with Crippen LogP contribution in [0.15, 0.2) is 54.6 Å². The van der Waals surface area contributed by atoms with E-state index < -0.39 is 0 Å². The zero-order chi connectivity index (χ0) is 19.7. The van der Waals surface area contributed by atoms with E-state index in [0.717, 1.165) is 24.8 Å². The van der Waals surface area contributed by atoms with E-state index in [2.05, 4.69) is 29.2 Å². The van der Waals surface area contributed by atoms with Crippen LogP contribution >= 0.6 is 11.6 Å². The van der Waals surface area contributed by atoms with Crippen molar-refractivity contribution in [1.29, 1.82) is 0 Å². The van der Waals surface area contributed by atoms with Crippen LogP contribution in [0.3, 0.4) is 0 Å². The Labute approximate surface area is 171 Å². The molecule has 1 amide bonds. The number of rotatable bonds is 6. The van der Waals surface area contributed by atoms with E-state index in [1.54, 1.807) is 24.3 Å². The number of nitrogens with zero attached hydrogens (tertiary/aromatic N) is 1. The lowest BCUT2D eigenvalue weighted by Crippen LogP contribution is -2.37. The number of carbonyl (C=O) groups excluding carboxylic acids is 1. The molecule has 0 heterocycles. The Morgan fingerprint density at radius 1 is 1.14 bits per heavy atom. The van der Waals surface area contributed by atoms with Crippen LogP contribution in [0.4, 0.5) is 0 Å². The van der Waals surface area contributed by atoms with Gasteiger partial charge in [0.05, 0.1) is 0 Å². The van der Waals surface area contributed by atoms with Crippen molar-refractivity contribution in [3.05, 3.63) is 82.2 Å². The van der Waals surface area contributed by atoms with Gasteiger partial charge in [0.1, 0.15) is 0 Å². The third kappa shape index (κ3) is 3.66. The van der Waals surface area contributed by atoms with Gasteiger partial charge in [-0.15, -0.1) is 0 Å². The van der Waals surface area contributed by atoms with Crippen LogP contribution in [-0.2, 0) is 0 Å². The van der Waals surface area contributed by atoms with Gasteiger partial charge < -0.3 is 10.2 Å². The maximum atomic E-state index is 12.6. The normalized spacial score (nSPS) is 27.3. The predicted molar refractivity (Wildman–Crippen MR) is 112 cm³/mol. The Morgan fingerprint density at radius 3 is 2.36 bits per heavy atom. The monoisotopic (exact) mass is 392 g/mol. The average Bonchev–Trinajstić information content (AvgIpc) is 3.20. The minimum absolute atomic E-state index is 0.0200. The molecule has 4 heteroatoms. The molecule has 2 aromatic carbocycles. The van der Waals surface area contributed by atoms with Gasteiger partial charge in [0, 0.05) is 28.1 Å². The molecule has 0 spiro atoms. The van der Waals surface area contributed by atoms with Crippen LogP contribution < -0.4 is 5.32 Å². The molecule has 4 rings (SSSR count). The molecular formula is C24H25ClN2O. The van der Waals surface area contributed by atoms with Crippen molar-refractivity contribution in [2.45, 2.75) is 38.3 Å². The van der Waals surface area contributed by atoms with Crippen molar-refractivity contribution < 1.29 is 4.79 Å². The lowest BCUT2D eigenvalue weighted by Gasteiger charge is -2.22. The molecular weight excluding hydrogens is 368 g/mol. The van der Waals surface area contributed by atoms with Crippen molar-refractivity contribution in [3.8, 4) is 0 Å². The third-order valence-electron chi connectivity index (χ3n) is 6.60. The highest BCUT2D eigenvalue weighted by atomic mass is 35.5. The molecule has 4 unspecified atom stereocenters. The molecule has 0 radical (unpaired) electrons. The number of benzene rings is 2. The van der Waals surface area contributed by atoms with Crippen LogP contribution in [0.25, 0.3) is 4.85 Å². The predicted octanol–water partition coefficient (Wildman–Crippen LogP) is 5.78. The number of fused-ring (bicyclic) bond motifs is 1. The lowest BCUT2D eigenvalue weighted by molar-refractivity contribution is 0.0926. The van der Waals surface area contributed by atoms with Crippen molar-refractivity contribution in [2.24, 2.45) is 23.7 Å². The number of hydrogen-bond acceptors (Lipinski definition) is 1. The van der Waals surface area contributed by atoms with Gasteiger partial charge in [-0.2, -0.15) is 0 Å². The summed E-state index contributed by atoms with van der Waals surface area (Å²) in [6.45, 7) is 9.82. The number of nitrogens with one attached hydrogen (secondary N) is 1. The summed E-state index contributed by atoms with van der Waals surface area (Å²) in [6.07, 6.45) is 3.14. The summed E-state index contributed by atoms with van der Waals surface area (Å²) >= 11 is 5.92. The number of amides is 1. The van der Waals surface area contributed by atoms with Gasteiger partial charge in [-0.05, 0) is 61.3 Å². The van der Waals surface area contributed by atoms with E-state index in [1.165, 1.54) is 0 Å². The van der Waals surface area contributed by atoms with E-state index >= 15 is 0 Å². The highest BCUT2D eigenvalue weighted by molar-refractivity contribution is 6.30. The number of halogens is 1. The molecule has 2 aromatic rings. The van der Waals surface area contributed by atoms with Gasteiger partial charge in [-0.1, -0.05) is 48.9 Å². The van der Waals surface area contributed by atoms with Crippen LogP contribution in [-0.4, -0.2) is 11.9 Å². The standard InChI is InChI=1S/C24H25ClN2O/c1-3-21(27-24(28)16-9-11-18(25)12-10-16)22-19-13-17(14-20(19)22)23(26-2)15-7-5-4-6-8-15/h4-12,17,19-23H,3,13-14H2,1H3,(H,27,28)/t17?,19-,20+,21?,22?,23?. The first kappa shape index (κ1) is 19.0. The molecule has 6 atom stereocenters. The Kier molecular flexibility index (Phi) is 5.42. The summed E-state index contributed by atoms with van der Waals surface area (Å²) in [5.74, 6) is 2.27. The molecule has 28 heavy (non-hydrogen) atoms. The highest BCUT2D eigenvalue weighted by Gasteiger charge is 2.60. The SMILES string of the molecule is [C-]#[N+]C(c1ccccc1)C1C[C@@H]2C(C(CC)NC(=O)c3ccc(Cl)cc3)[C@@H]2C1. The molecule has 2 saturated carbocycles. The van der Waals surface area contributed by atoms with Crippen molar-refractivity contribution in [1.82, 2.24) is 5.32 Å².